The van der Waals surface area contributed by atoms with Crippen molar-refractivity contribution in [2.24, 2.45) is 5.73 Å². The summed E-state index contributed by atoms with van der Waals surface area (Å²) in [6.45, 7) is 1.80. The average Bonchev–Trinajstić information content (AvgIpc) is 2.71. The van der Waals surface area contributed by atoms with Gasteiger partial charge in [-0.1, -0.05) is 5.16 Å². The minimum absolute atomic E-state index is 0.0993. The summed E-state index contributed by atoms with van der Waals surface area (Å²) in [5.74, 6) is -0.846. The van der Waals surface area contributed by atoms with Gasteiger partial charge in [0.1, 0.15) is 0 Å². The Hall–Kier alpha value is -1.95. The van der Waals surface area contributed by atoms with Crippen LogP contribution in [0, 0.1) is 12.7 Å². The molecule has 0 aliphatic heterocycles. The molecular weight excluding hydrogens is 213 g/mol. The quantitative estimate of drug-likeness (QED) is 0.802. The van der Waals surface area contributed by atoms with Gasteiger partial charge < -0.3 is 15.4 Å². The molecule has 0 saturated carbocycles. The van der Waals surface area contributed by atoms with Crippen molar-refractivity contribution < 1.29 is 14.0 Å². The SMILES string of the molecule is Cc1cc(F)c(O)c(-c2noc(CN)n2)c1. The Kier molecular flexibility index (Phi) is 2.57. The molecule has 0 aliphatic rings. The normalized spacial score (nSPS) is 10.7. The van der Waals surface area contributed by atoms with Crippen molar-refractivity contribution >= 4 is 0 Å². The van der Waals surface area contributed by atoms with Gasteiger partial charge in [-0.05, 0) is 24.6 Å². The van der Waals surface area contributed by atoms with E-state index in [-0.39, 0.29) is 23.8 Å². The molecule has 0 saturated heterocycles. The Morgan fingerprint density at radius 3 is 2.88 bits per heavy atom. The molecule has 0 amide bonds. The number of rotatable bonds is 2. The molecule has 2 rings (SSSR count). The fraction of sp³-hybridized carbons (Fsp3) is 0.200. The van der Waals surface area contributed by atoms with Crippen LogP contribution in [-0.4, -0.2) is 15.2 Å². The Bertz CT molecular complexity index is 525. The van der Waals surface area contributed by atoms with Gasteiger partial charge in [0, 0.05) is 0 Å². The summed E-state index contributed by atoms with van der Waals surface area (Å²) >= 11 is 0. The van der Waals surface area contributed by atoms with Gasteiger partial charge in [0.15, 0.2) is 11.6 Å². The second-order valence-corrected chi connectivity index (χ2v) is 3.36. The maximum atomic E-state index is 13.3. The summed E-state index contributed by atoms with van der Waals surface area (Å²) in [6, 6.07) is 2.80. The van der Waals surface area contributed by atoms with E-state index in [9.17, 15) is 9.50 Å². The number of nitrogens with zero attached hydrogens (tertiary/aromatic N) is 2. The van der Waals surface area contributed by atoms with E-state index in [1.54, 1.807) is 13.0 Å². The first kappa shape index (κ1) is 10.6. The fourth-order valence-corrected chi connectivity index (χ4v) is 1.35. The van der Waals surface area contributed by atoms with E-state index in [0.717, 1.165) is 0 Å². The number of nitrogens with two attached hydrogens (primary N) is 1. The maximum absolute atomic E-state index is 13.3. The molecule has 0 unspecified atom stereocenters. The topological polar surface area (TPSA) is 85.2 Å². The van der Waals surface area contributed by atoms with Crippen LogP contribution < -0.4 is 5.73 Å². The molecule has 0 bridgehead atoms. The highest BCUT2D eigenvalue weighted by molar-refractivity contribution is 5.64. The molecule has 0 radical (unpaired) electrons. The lowest BCUT2D eigenvalue weighted by Crippen LogP contribution is -1.95. The van der Waals surface area contributed by atoms with Crippen LogP contribution in [0.4, 0.5) is 4.39 Å². The summed E-state index contributed by atoms with van der Waals surface area (Å²) in [5.41, 5.74) is 6.16. The molecule has 1 aromatic heterocycles. The Morgan fingerprint density at radius 1 is 1.50 bits per heavy atom. The number of hydrogen-bond donors (Lipinski definition) is 2. The van der Waals surface area contributed by atoms with Crippen molar-refractivity contribution in [3.05, 3.63) is 29.4 Å². The number of phenols is 1. The molecule has 0 atom stereocenters. The van der Waals surface area contributed by atoms with Gasteiger partial charge in [0.05, 0.1) is 12.1 Å². The van der Waals surface area contributed by atoms with E-state index >= 15 is 0 Å². The van der Waals surface area contributed by atoms with Gasteiger partial charge in [0.25, 0.3) is 0 Å². The molecule has 0 spiro atoms. The lowest BCUT2D eigenvalue weighted by atomic mass is 10.1. The zero-order valence-electron chi connectivity index (χ0n) is 8.57. The van der Waals surface area contributed by atoms with Crippen LogP contribution in [0.5, 0.6) is 5.75 Å². The van der Waals surface area contributed by atoms with Crippen molar-refractivity contribution in [2.45, 2.75) is 13.5 Å². The van der Waals surface area contributed by atoms with Crippen LogP contribution >= 0.6 is 0 Å². The maximum Gasteiger partial charge on any atom is 0.240 e. The summed E-state index contributed by atoms with van der Waals surface area (Å²) in [5, 5.41) is 13.1. The molecule has 0 fully saturated rings. The molecule has 6 heteroatoms. The molecule has 16 heavy (non-hydrogen) atoms. The van der Waals surface area contributed by atoms with Crippen LogP contribution in [0.3, 0.4) is 0 Å². The second kappa shape index (κ2) is 3.90. The van der Waals surface area contributed by atoms with Crippen LogP contribution in [0.1, 0.15) is 11.5 Å². The van der Waals surface area contributed by atoms with Gasteiger partial charge in [-0.15, -0.1) is 0 Å². The Labute approximate surface area is 90.7 Å². The number of halogens is 1. The summed E-state index contributed by atoms with van der Waals surface area (Å²) in [7, 11) is 0. The predicted octanol–water partition coefficient (Wildman–Crippen LogP) is 1.35. The fourth-order valence-electron chi connectivity index (χ4n) is 1.35. The zero-order chi connectivity index (χ0) is 11.7. The van der Waals surface area contributed by atoms with Gasteiger partial charge in [0.2, 0.25) is 11.7 Å². The molecule has 2 aromatic rings. The Balaban J connectivity index is 2.54. The number of aromatic hydroxyl groups is 1. The zero-order valence-corrected chi connectivity index (χ0v) is 8.57. The van der Waals surface area contributed by atoms with Crippen molar-refractivity contribution in [3.63, 3.8) is 0 Å². The van der Waals surface area contributed by atoms with Crippen molar-refractivity contribution in [1.82, 2.24) is 10.1 Å². The highest BCUT2D eigenvalue weighted by Crippen LogP contribution is 2.30. The molecule has 84 valence electrons. The third-order valence-corrected chi connectivity index (χ3v) is 2.09. The first-order valence-electron chi connectivity index (χ1n) is 4.64. The Morgan fingerprint density at radius 2 is 2.25 bits per heavy atom. The third kappa shape index (κ3) is 1.74. The number of aromatic nitrogens is 2. The molecule has 1 aromatic carbocycles. The predicted molar refractivity (Wildman–Crippen MR) is 54.0 cm³/mol. The summed E-state index contributed by atoms with van der Waals surface area (Å²) < 4.78 is 18.0. The first-order chi connectivity index (χ1) is 7.61. The number of aryl methyl sites for hydroxylation is 1. The average molecular weight is 223 g/mol. The monoisotopic (exact) mass is 223 g/mol. The van der Waals surface area contributed by atoms with Crippen LogP contribution in [0.15, 0.2) is 16.7 Å². The van der Waals surface area contributed by atoms with Crippen LogP contribution in [0.25, 0.3) is 11.4 Å². The van der Waals surface area contributed by atoms with E-state index in [1.807, 2.05) is 0 Å². The largest absolute Gasteiger partial charge is 0.504 e. The second-order valence-electron chi connectivity index (χ2n) is 3.36. The van der Waals surface area contributed by atoms with E-state index in [1.165, 1.54) is 6.07 Å². The van der Waals surface area contributed by atoms with Crippen molar-refractivity contribution in [2.75, 3.05) is 0 Å². The van der Waals surface area contributed by atoms with Crippen molar-refractivity contribution in [1.29, 1.82) is 0 Å². The van der Waals surface area contributed by atoms with E-state index < -0.39 is 11.6 Å². The highest BCUT2D eigenvalue weighted by atomic mass is 19.1. The minimum Gasteiger partial charge on any atom is -0.504 e. The standard InChI is InChI=1S/C10H10FN3O2/c1-5-2-6(9(15)7(11)3-5)10-13-8(4-12)16-14-10/h2-3,15H,4,12H2,1H3. The van der Waals surface area contributed by atoms with Crippen molar-refractivity contribution in [3.8, 4) is 17.1 Å². The van der Waals surface area contributed by atoms with Gasteiger partial charge in [-0.3, -0.25) is 0 Å². The molecule has 0 aliphatic carbocycles. The van der Waals surface area contributed by atoms with E-state index in [0.29, 0.717) is 5.56 Å². The lowest BCUT2D eigenvalue weighted by molar-refractivity contribution is 0.380. The van der Waals surface area contributed by atoms with E-state index in [4.69, 9.17) is 10.3 Å². The van der Waals surface area contributed by atoms with Gasteiger partial charge in [-0.2, -0.15) is 4.98 Å². The highest BCUT2D eigenvalue weighted by Gasteiger charge is 2.15. The van der Waals surface area contributed by atoms with Crippen LogP contribution in [-0.2, 0) is 6.54 Å². The van der Waals surface area contributed by atoms with Gasteiger partial charge in [-0.25, -0.2) is 4.39 Å². The van der Waals surface area contributed by atoms with E-state index in [2.05, 4.69) is 10.1 Å². The number of benzene rings is 1. The lowest BCUT2D eigenvalue weighted by Gasteiger charge is -2.02. The third-order valence-electron chi connectivity index (χ3n) is 2.09. The van der Waals surface area contributed by atoms with Crippen LogP contribution in [0.2, 0.25) is 0 Å². The summed E-state index contributed by atoms with van der Waals surface area (Å²) in [4.78, 5) is 3.91. The number of phenolic OH excluding ortho intramolecular Hbond substituents is 1. The molecule has 1 heterocycles. The molecular formula is C10H10FN3O2. The first-order valence-corrected chi connectivity index (χ1v) is 4.64. The molecule has 5 nitrogen and oxygen atoms in total. The summed E-state index contributed by atoms with van der Waals surface area (Å²) in [6.07, 6.45) is 0. The van der Waals surface area contributed by atoms with Gasteiger partial charge >= 0.3 is 0 Å². The smallest absolute Gasteiger partial charge is 0.240 e. The number of hydrogen-bond acceptors (Lipinski definition) is 5. The molecule has 3 N–H and O–H groups in total. The minimum atomic E-state index is -0.714.